The SMILES string of the molecule is CC=CCC(C)(C)CC=CCCC. The molecule has 0 aromatic rings. The average Bonchev–Trinajstić information content (AvgIpc) is 2.09. The predicted octanol–water partition coefficient (Wildman–Crippen LogP) is 4.73. The summed E-state index contributed by atoms with van der Waals surface area (Å²) in [6.07, 6.45) is 13.9. The Morgan fingerprint density at radius 3 is 2.15 bits per heavy atom. The maximum atomic E-state index is 2.33. The van der Waals surface area contributed by atoms with Gasteiger partial charge >= 0.3 is 0 Å². The van der Waals surface area contributed by atoms with Crippen LogP contribution >= 0.6 is 0 Å². The van der Waals surface area contributed by atoms with Gasteiger partial charge in [-0.15, -0.1) is 0 Å². The molecule has 0 saturated carbocycles. The van der Waals surface area contributed by atoms with E-state index in [0.29, 0.717) is 5.41 Å². The first-order chi connectivity index (χ1) is 6.12. The zero-order chi connectivity index (χ0) is 10.2. The normalized spacial score (nSPS) is 13.2. The predicted molar refractivity (Wildman–Crippen MR) is 61.9 cm³/mol. The molecule has 0 bridgehead atoms. The van der Waals surface area contributed by atoms with Gasteiger partial charge in [0.2, 0.25) is 0 Å². The van der Waals surface area contributed by atoms with E-state index < -0.39 is 0 Å². The summed E-state index contributed by atoms with van der Waals surface area (Å²) in [5, 5.41) is 0. The van der Waals surface area contributed by atoms with Gasteiger partial charge in [-0.1, -0.05) is 51.5 Å². The summed E-state index contributed by atoms with van der Waals surface area (Å²) in [6.45, 7) is 8.95. The van der Waals surface area contributed by atoms with Crippen LogP contribution in [0.4, 0.5) is 0 Å². The molecule has 0 aliphatic rings. The van der Waals surface area contributed by atoms with Gasteiger partial charge in [0.15, 0.2) is 0 Å². The van der Waals surface area contributed by atoms with Crippen molar-refractivity contribution in [2.45, 2.75) is 53.4 Å². The maximum Gasteiger partial charge on any atom is -0.0285 e. The average molecular weight is 180 g/mol. The van der Waals surface area contributed by atoms with Crippen LogP contribution < -0.4 is 0 Å². The Bertz CT molecular complexity index is 161. The van der Waals surface area contributed by atoms with Gasteiger partial charge in [0.1, 0.15) is 0 Å². The number of hydrogen-bond donors (Lipinski definition) is 0. The lowest BCUT2D eigenvalue weighted by atomic mass is 9.85. The molecule has 0 nitrogen and oxygen atoms in total. The van der Waals surface area contributed by atoms with E-state index in [1.165, 1.54) is 25.7 Å². The zero-order valence-electron chi connectivity index (χ0n) is 9.64. The minimum absolute atomic E-state index is 0.427. The summed E-state index contributed by atoms with van der Waals surface area (Å²) in [4.78, 5) is 0. The first kappa shape index (κ1) is 12.5. The third kappa shape index (κ3) is 7.83. The number of unbranched alkanes of at least 4 members (excludes halogenated alkanes) is 1. The molecule has 0 aliphatic heterocycles. The number of hydrogen-bond acceptors (Lipinski definition) is 0. The molecule has 13 heavy (non-hydrogen) atoms. The van der Waals surface area contributed by atoms with Gasteiger partial charge in [-0.3, -0.25) is 0 Å². The summed E-state index contributed by atoms with van der Waals surface area (Å²) >= 11 is 0. The highest BCUT2D eigenvalue weighted by Crippen LogP contribution is 2.25. The van der Waals surface area contributed by atoms with Crippen molar-refractivity contribution in [3.05, 3.63) is 24.3 Å². The van der Waals surface area contributed by atoms with Crippen LogP contribution in [0.15, 0.2) is 24.3 Å². The van der Waals surface area contributed by atoms with E-state index in [4.69, 9.17) is 0 Å². The Kier molecular flexibility index (Phi) is 6.66. The van der Waals surface area contributed by atoms with E-state index in [0.717, 1.165) is 0 Å². The third-order valence-corrected chi connectivity index (χ3v) is 2.20. The Balaban J connectivity index is 3.74. The van der Waals surface area contributed by atoms with Crippen molar-refractivity contribution in [3.63, 3.8) is 0 Å². The van der Waals surface area contributed by atoms with E-state index >= 15 is 0 Å². The summed E-state index contributed by atoms with van der Waals surface area (Å²) in [6, 6.07) is 0. The van der Waals surface area contributed by atoms with Crippen molar-refractivity contribution in [2.24, 2.45) is 5.41 Å². The second-order valence-corrected chi connectivity index (χ2v) is 4.40. The summed E-state index contributed by atoms with van der Waals surface area (Å²) < 4.78 is 0. The highest BCUT2D eigenvalue weighted by Gasteiger charge is 2.12. The molecule has 0 atom stereocenters. The molecule has 0 rings (SSSR count). The van der Waals surface area contributed by atoms with Crippen LogP contribution in [0, 0.1) is 5.41 Å². The topological polar surface area (TPSA) is 0 Å². The standard InChI is InChI=1S/C13H24/c1-5-7-9-10-12-13(3,4)11-8-6-2/h6,8-10H,5,7,11-12H2,1-4H3. The van der Waals surface area contributed by atoms with Crippen LogP contribution in [0.3, 0.4) is 0 Å². The molecule has 0 heteroatoms. The molecular formula is C13H24. The minimum Gasteiger partial charge on any atom is -0.0916 e. The highest BCUT2D eigenvalue weighted by molar-refractivity contribution is 4.91. The van der Waals surface area contributed by atoms with Gasteiger partial charge in [0.05, 0.1) is 0 Å². The van der Waals surface area contributed by atoms with Gasteiger partial charge in [0.25, 0.3) is 0 Å². The van der Waals surface area contributed by atoms with Crippen LogP contribution in [0.5, 0.6) is 0 Å². The van der Waals surface area contributed by atoms with Gasteiger partial charge in [0, 0.05) is 0 Å². The molecule has 0 unspecified atom stereocenters. The monoisotopic (exact) mass is 180 g/mol. The summed E-state index contributed by atoms with van der Waals surface area (Å²) in [7, 11) is 0. The summed E-state index contributed by atoms with van der Waals surface area (Å²) in [5.41, 5.74) is 0.427. The molecule has 0 spiro atoms. The lowest BCUT2D eigenvalue weighted by molar-refractivity contribution is 0.376. The van der Waals surface area contributed by atoms with Crippen LogP contribution in [0.25, 0.3) is 0 Å². The Labute approximate surface area is 83.7 Å². The molecule has 0 N–H and O–H groups in total. The molecule has 0 aromatic heterocycles. The van der Waals surface area contributed by atoms with E-state index in [-0.39, 0.29) is 0 Å². The number of rotatable bonds is 6. The van der Waals surface area contributed by atoms with Crippen LogP contribution in [0.1, 0.15) is 53.4 Å². The third-order valence-electron chi connectivity index (χ3n) is 2.20. The Morgan fingerprint density at radius 1 is 1.00 bits per heavy atom. The molecule has 0 amide bonds. The molecule has 0 aliphatic carbocycles. The van der Waals surface area contributed by atoms with Crippen LogP contribution in [-0.4, -0.2) is 0 Å². The van der Waals surface area contributed by atoms with Gasteiger partial charge in [-0.05, 0) is 31.6 Å². The van der Waals surface area contributed by atoms with Crippen molar-refractivity contribution in [1.29, 1.82) is 0 Å². The van der Waals surface area contributed by atoms with E-state index in [9.17, 15) is 0 Å². The minimum atomic E-state index is 0.427. The van der Waals surface area contributed by atoms with Crippen LogP contribution in [-0.2, 0) is 0 Å². The van der Waals surface area contributed by atoms with Crippen LogP contribution in [0.2, 0.25) is 0 Å². The fourth-order valence-corrected chi connectivity index (χ4v) is 1.21. The lowest BCUT2D eigenvalue weighted by Crippen LogP contribution is -2.07. The molecule has 0 heterocycles. The fourth-order valence-electron chi connectivity index (χ4n) is 1.21. The largest absolute Gasteiger partial charge is 0.0916 e. The second-order valence-electron chi connectivity index (χ2n) is 4.40. The highest BCUT2D eigenvalue weighted by atomic mass is 14.2. The van der Waals surface area contributed by atoms with Crippen molar-refractivity contribution in [3.8, 4) is 0 Å². The van der Waals surface area contributed by atoms with E-state index in [1.54, 1.807) is 0 Å². The van der Waals surface area contributed by atoms with Gasteiger partial charge in [-0.25, -0.2) is 0 Å². The quantitative estimate of drug-likeness (QED) is 0.519. The zero-order valence-corrected chi connectivity index (χ0v) is 9.64. The number of allylic oxidation sites excluding steroid dienone is 4. The van der Waals surface area contributed by atoms with Crippen molar-refractivity contribution in [1.82, 2.24) is 0 Å². The second kappa shape index (κ2) is 6.94. The molecule has 0 saturated heterocycles. The maximum absolute atomic E-state index is 2.33. The first-order valence-electron chi connectivity index (χ1n) is 5.38. The lowest BCUT2D eigenvalue weighted by Gasteiger charge is -2.20. The van der Waals surface area contributed by atoms with Gasteiger partial charge in [-0.2, -0.15) is 0 Å². The molecule has 0 radical (unpaired) electrons. The van der Waals surface area contributed by atoms with Gasteiger partial charge < -0.3 is 0 Å². The fraction of sp³-hybridized carbons (Fsp3) is 0.692. The van der Waals surface area contributed by atoms with Crippen molar-refractivity contribution >= 4 is 0 Å². The smallest absolute Gasteiger partial charge is 0.0285 e. The van der Waals surface area contributed by atoms with Crippen molar-refractivity contribution < 1.29 is 0 Å². The van der Waals surface area contributed by atoms with E-state index in [2.05, 4.69) is 52.0 Å². The Hall–Kier alpha value is -0.520. The van der Waals surface area contributed by atoms with E-state index in [1.807, 2.05) is 0 Å². The molecule has 0 aromatic carbocycles. The summed E-state index contributed by atoms with van der Waals surface area (Å²) in [5.74, 6) is 0. The van der Waals surface area contributed by atoms with Crippen molar-refractivity contribution in [2.75, 3.05) is 0 Å². The molecule has 0 fully saturated rings. The Morgan fingerprint density at radius 2 is 1.62 bits per heavy atom. The molecule has 76 valence electrons. The first-order valence-corrected chi connectivity index (χ1v) is 5.38. The molecular weight excluding hydrogens is 156 g/mol.